The van der Waals surface area contributed by atoms with Crippen molar-refractivity contribution in [2.24, 2.45) is 5.92 Å². The molecule has 5 nitrogen and oxygen atoms in total. The number of carbonyl (C=O) groups excluding carboxylic acids is 1. The van der Waals surface area contributed by atoms with Crippen LogP contribution in [0.25, 0.3) is 10.6 Å². The first-order valence-corrected chi connectivity index (χ1v) is 7.99. The minimum atomic E-state index is -0.975. The van der Waals surface area contributed by atoms with Gasteiger partial charge in [-0.1, -0.05) is 18.6 Å². The molecule has 0 unspecified atom stereocenters. The van der Waals surface area contributed by atoms with Crippen molar-refractivity contribution in [2.75, 3.05) is 5.32 Å². The predicted molar refractivity (Wildman–Crippen MR) is 85.2 cm³/mol. The van der Waals surface area contributed by atoms with Crippen molar-refractivity contribution in [3.05, 3.63) is 34.8 Å². The lowest BCUT2D eigenvalue weighted by Crippen LogP contribution is -2.28. The Labute approximate surface area is 132 Å². The van der Waals surface area contributed by atoms with Gasteiger partial charge in [-0.3, -0.25) is 4.79 Å². The number of hydrogen-bond donors (Lipinski definition) is 2. The highest BCUT2D eigenvalue weighted by atomic mass is 32.1. The topological polar surface area (TPSA) is 79.3 Å². The molecule has 1 saturated carbocycles. The number of amides is 1. The maximum atomic E-state index is 12.1. The van der Waals surface area contributed by atoms with E-state index in [4.69, 9.17) is 5.11 Å². The van der Waals surface area contributed by atoms with E-state index < -0.39 is 5.97 Å². The van der Waals surface area contributed by atoms with E-state index in [9.17, 15) is 9.59 Å². The molecule has 22 heavy (non-hydrogen) atoms. The summed E-state index contributed by atoms with van der Waals surface area (Å²) in [5.41, 5.74) is 1.94. The SMILES string of the molecule is Cc1nc(-c2ccccc2NC(=O)C2CCC2)sc1C(=O)O. The average molecular weight is 316 g/mol. The Morgan fingerprint density at radius 1 is 1.32 bits per heavy atom. The van der Waals surface area contributed by atoms with Crippen molar-refractivity contribution in [1.82, 2.24) is 4.98 Å². The molecule has 114 valence electrons. The standard InChI is InChI=1S/C16H16N2O3S/c1-9-13(16(20)21)22-15(17-9)11-7-2-3-8-12(11)18-14(19)10-5-4-6-10/h2-3,7-8,10H,4-6H2,1H3,(H,18,19)(H,20,21). The number of carboxylic acids is 1. The molecular formula is C16H16N2O3S. The molecule has 2 N–H and O–H groups in total. The Morgan fingerprint density at radius 2 is 2.05 bits per heavy atom. The van der Waals surface area contributed by atoms with Crippen LogP contribution >= 0.6 is 11.3 Å². The molecule has 0 aliphatic heterocycles. The first kappa shape index (κ1) is 14.7. The minimum absolute atomic E-state index is 0.0328. The fourth-order valence-electron chi connectivity index (χ4n) is 2.39. The van der Waals surface area contributed by atoms with E-state index in [0.29, 0.717) is 16.4 Å². The number of hydrogen-bond acceptors (Lipinski definition) is 4. The lowest BCUT2D eigenvalue weighted by molar-refractivity contribution is -0.122. The van der Waals surface area contributed by atoms with E-state index >= 15 is 0 Å². The molecule has 1 aliphatic carbocycles. The maximum absolute atomic E-state index is 12.1. The minimum Gasteiger partial charge on any atom is -0.477 e. The molecule has 1 amide bonds. The molecule has 0 saturated heterocycles. The van der Waals surface area contributed by atoms with Crippen LogP contribution in [0.3, 0.4) is 0 Å². The van der Waals surface area contributed by atoms with Crippen LogP contribution in [0.5, 0.6) is 0 Å². The number of anilines is 1. The molecule has 0 atom stereocenters. The Hall–Kier alpha value is -2.21. The molecule has 3 rings (SSSR count). The molecule has 1 heterocycles. The van der Waals surface area contributed by atoms with E-state index in [0.717, 1.165) is 36.2 Å². The van der Waals surface area contributed by atoms with Gasteiger partial charge in [-0.15, -0.1) is 11.3 Å². The average Bonchev–Trinajstić information content (AvgIpc) is 2.79. The number of aromatic carboxylic acids is 1. The van der Waals surface area contributed by atoms with Gasteiger partial charge in [0.25, 0.3) is 0 Å². The summed E-state index contributed by atoms with van der Waals surface area (Å²) >= 11 is 1.13. The summed E-state index contributed by atoms with van der Waals surface area (Å²) in [4.78, 5) is 27.9. The van der Waals surface area contributed by atoms with Crippen molar-refractivity contribution >= 4 is 28.9 Å². The number of carboxylic acid groups (broad SMARTS) is 1. The Kier molecular flexibility index (Phi) is 3.94. The number of para-hydroxylation sites is 1. The Morgan fingerprint density at radius 3 is 2.64 bits per heavy atom. The second-order valence-electron chi connectivity index (χ2n) is 5.40. The van der Waals surface area contributed by atoms with E-state index in [1.54, 1.807) is 6.92 Å². The van der Waals surface area contributed by atoms with E-state index in [2.05, 4.69) is 10.3 Å². The predicted octanol–water partition coefficient (Wildman–Crippen LogP) is 3.56. The van der Waals surface area contributed by atoms with Gasteiger partial charge >= 0.3 is 5.97 Å². The van der Waals surface area contributed by atoms with E-state index in [-0.39, 0.29) is 16.7 Å². The van der Waals surface area contributed by atoms with E-state index in [1.165, 1.54) is 0 Å². The third kappa shape index (κ3) is 2.74. The van der Waals surface area contributed by atoms with Crippen LogP contribution in [0.4, 0.5) is 5.69 Å². The number of aromatic nitrogens is 1. The molecule has 1 aromatic carbocycles. The van der Waals surface area contributed by atoms with Crippen LogP contribution in [0, 0.1) is 12.8 Å². The highest BCUT2D eigenvalue weighted by molar-refractivity contribution is 7.17. The summed E-state index contributed by atoms with van der Waals surface area (Å²) in [6.07, 6.45) is 2.98. The van der Waals surface area contributed by atoms with Gasteiger partial charge in [0.15, 0.2) is 0 Å². The van der Waals surface area contributed by atoms with Gasteiger partial charge in [0.05, 0.1) is 11.4 Å². The molecule has 0 bridgehead atoms. The van der Waals surface area contributed by atoms with Gasteiger partial charge in [-0.25, -0.2) is 9.78 Å². The zero-order chi connectivity index (χ0) is 15.7. The van der Waals surface area contributed by atoms with Gasteiger partial charge in [0, 0.05) is 11.5 Å². The van der Waals surface area contributed by atoms with Gasteiger partial charge in [0.1, 0.15) is 9.88 Å². The second kappa shape index (κ2) is 5.88. The number of nitrogens with zero attached hydrogens (tertiary/aromatic N) is 1. The first-order valence-electron chi connectivity index (χ1n) is 7.17. The highest BCUT2D eigenvalue weighted by Gasteiger charge is 2.26. The van der Waals surface area contributed by atoms with Crippen LogP contribution in [0.1, 0.15) is 34.6 Å². The molecule has 1 fully saturated rings. The summed E-state index contributed by atoms with van der Waals surface area (Å²) in [6.45, 7) is 1.68. The lowest BCUT2D eigenvalue weighted by atomic mass is 9.85. The van der Waals surface area contributed by atoms with Crippen LogP contribution in [-0.4, -0.2) is 22.0 Å². The quantitative estimate of drug-likeness (QED) is 0.904. The first-order chi connectivity index (χ1) is 10.6. The lowest BCUT2D eigenvalue weighted by Gasteiger charge is -2.24. The van der Waals surface area contributed by atoms with Gasteiger partial charge in [0.2, 0.25) is 5.91 Å². The van der Waals surface area contributed by atoms with Gasteiger partial charge < -0.3 is 10.4 Å². The number of aryl methyl sites for hydroxylation is 1. The summed E-state index contributed by atoms with van der Waals surface area (Å²) in [5.74, 6) is -0.844. The monoisotopic (exact) mass is 316 g/mol. The number of thiazole rings is 1. The van der Waals surface area contributed by atoms with Crippen LogP contribution in [0.15, 0.2) is 24.3 Å². The highest BCUT2D eigenvalue weighted by Crippen LogP contribution is 2.34. The van der Waals surface area contributed by atoms with Crippen molar-refractivity contribution in [3.63, 3.8) is 0 Å². The molecule has 0 spiro atoms. The van der Waals surface area contributed by atoms with Crippen molar-refractivity contribution in [3.8, 4) is 10.6 Å². The summed E-state index contributed by atoms with van der Waals surface area (Å²) in [7, 11) is 0. The maximum Gasteiger partial charge on any atom is 0.347 e. The summed E-state index contributed by atoms with van der Waals surface area (Å²) in [5, 5.41) is 12.7. The summed E-state index contributed by atoms with van der Waals surface area (Å²) < 4.78 is 0. The number of benzene rings is 1. The largest absolute Gasteiger partial charge is 0.477 e. The molecule has 2 aromatic rings. The van der Waals surface area contributed by atoms with E-state index in [1.807, 2.05) is 24.3 Å². The molecule has 0 radical (unpaired) electrons. The number of rotatable bonds is 4. The molecule has 1 aromatic heterocycles. The zero-order valence-electron chi connectivity index (χ0n) is 12.1. The van der Waals surface area contributed by atoms with Crippen molar-refractivity contribution in [2.45, 2.75) is 26.2 Å². The Bertz CT molecular complexity index is 735. The number of carbonyl (C=O) groups is 2. The van der Waals surface area contributed by atoms with Gasteiger partial charge in [-0.2, -0.15) is 0 Å². The van der Waals surface area contributed by atoms with Gasteiger partial charge in [-0.05, 0) is 31.9 Å². The molecular weight excluding hydrogens is 300 g/mol. The van der Waals surface area contributed by atoms with Crippen molar-refractivity contribution in [1.29, 1.82) is 0 Å². The third-order valence-electron chi connectivity index (χ3n) is 3.88. The van der Waals surface area contributed by atoms with Crippen LogP contribution in [0.2, 0.25) is 0 Å². The van der Waals surface area contributed by atoms with Crippen LogP contribution < -0.4 is 5.32 Å². The van der Waals surface area contributed by atoms with Crippen LogP contribution in [-0.2, 0) is 4.79 Å². The van der Waals surface area contributed by atoms with Crippen molar-refractivity contribution < 1.29 is 14.7 Å². The summed E-state index contributed by atoms with van der Waals surface area (Å²) in [6, 6.07) is 7.37. The third-order valence-corrected chi connectivity index (χ3v) is 5.06. The number of nitrogens with one attached hydrogen (secondary N) is 1. The zero-order valence-corrected chi connectivity index (χ0v) is 12.9. The second-order valence-corrected chi connectivity index (χ2v) is 6.40. The normalized spacial score (nSPS) is 14.4. The molecule has 1 aliphatic rings. The Balaban J connectivity index is 1.92. The molecule has 6 heteroatoms. The fraction of sp³-hybridized carbons (Fsp3) is 0.312. The fourth-order valence-corrected chi connectivity index (χ4v) is 3.34. The smallest absolute Gasteiger partial charge is 0.347 e.